The number of nitrogens with two attached hydrogens (primary N) is 1. The van der Waals surface area contributed by atoms with Gasteiger partial charge in [0.15, 0.2) is 5.78 Å². The number of anilines is 1. The first-order valence-corrected chi connectivity index (χ1v) is 10.6. The molecule has 2 heterocycles. The summed E-state index contributed by atoms with van der Waals surface area (Å²) in [6.07, 6.45) is 5.30. The number of aromatic nitrogens is 1. The lowest BCUT2D eigenvalue weighted by Gasteiger charge is -2.28. The van der Waals surface area contributed by atoms with Crippen molar-refractivity contribution >= 4 is 22.4 Å². The molecule has 5 heteroatoms. The van der Waals surface area contributed by atoms with Gasteiger partial charge in [0.25, 0.3) is 0 Å². The molecule has 0 spiro atoms. The maximum Gasteiger partial charge on any atom is 0.167 e. The van der Waals surface area contributed by atoms with Crippen LogP contribution >= 0.6 is 0 Å². The number of carbonyl (C=O) groups excluding carboxylic acids is 1. The van der Waals surface area contributed by atoms with Crippen molar-refractivity contribution in [3.63, 3.8) is 0 Å². The molecule has 1 aromatic heterocycles. The normalized spacial score (nSPS) is 15.6. The second-order valence-corrected chi connectivity index (χ2v) is 8.46. The average Bonchev–Trinajstić information content (AvgIpc) is 2.73. The number of nitrogen functional groups attached to an aromatic ring is 1. The molecule has 1 aliphatic heterocycles. The molecule has 1 fully saturated rings. The van der Waals surface area contributed by atoms with E-state index in [0.29, 0.717) is 23.5 Å². The summed E-state index contributed by atoms with van der Waals surface area (Å²) in [4.78, 5) is 19.7. The minimum atomic E-state index is -0.257. The van der Waals surface area contributed by atoms with E-state index in [0.717, 1.165) is 54.3 Å². The van der Waals surface area contributed by atoms with E-state index in [2.05, 4.69) is 16.9 Å². The smallest absolute Gasteiger partial charge is 0.167 e. The number of piperidine rings is 1. The molecule has 0 bridgehead atoms. The molecule has 2 aromatic carbocycles. The number of ketones is 1. The van der Waals surface area contributed by atoms with Crippen LogP contribution in [-0.2, 0) is 0 Å². The van der Waals surface area contributed by atoms with E-state index in [4.69, 9.17) is 5.73 Å². The number of rotatable bonds is 5. The first-order valence-electron chi connectivity index (χ1n) is 10.6. The molecule has 4 nitrogen and oxygen atoms in total. The van der Waals surface area contributed by atoms with Crippen molar-refractivity contribution in [2.24, 2.45) is 5.92 Å². The molecular weight excluding hydrogens is 377 g/mol. The van der Waals surface area contributed by atoms with E-state index in [9.17, 15) is 9.18 Å². The SMILES string of the molecule is Cc1cccc(F)c1-c1ccc2c(C(=O)CCC3CCN(C)CC3)c(N)ncc2c1. The van der Waals surface area contributed by atoms with E-state index in [1.807, 2.05) is 31.2 Å². The molecule has 156 valence electrons. The van der Waals surface area contributed by atoms with E-state index < -0.39 is 0 Å². The lowest BCUT2D eigenvalue weighted by atomic mass is 9.89. The summed E-state index contributed by atoms with van der Waals surface area (Å²) in [7, 11) is 2.14. The molecular formula is C25H28FN3O. The largest absolute Gasteiger partial charge is 0.383 e. The highest BCUT2D eigenvalue weighted by Gasteiger charge is 2.21. The van der Waals surface area contributed by atoms with Gasteiger partial charge in [-0.15, -0.1) is 0 Å². The third kappa shape index (κ3) is 4.08. The Bertz CT molecular complexity index is 1070. The van der Waals surface area contributed by atoms with Gasteiger partial charge in [-0.05, 0) is 80.9 Å². The monoisotopic (exact) mass is 405 g/mol. The Morgan fingerprint density at radius 1 is 1.23 bits per heavy atom. The number of hydrogen-bond donors (Lipinski definition) is 1. The van der Waals surface area contributed by atoms with E-state index in [-0.39, 0.29) is 17.4 Å². The Balaban J connectivity index is 1.62. The summed E-state index contributed by atoms with van der Waals surface area (Å²) >= 11 is 0. The maximum absolute atomic E-state index is 14.4. The molecule has 4 rings (SSSR count). The van der Waals surface area contributed by atoms with E-state index >= 15 is 0 Å². The van der Waals surface area contributed by atoms with Gasteiger partial charge in [-0.3, -0.25) is 4.79 Å². The lowest BCUT2D eigenvalue weighted by Crippen LogP contribution is -2.30. The number of carbonyl (C=O) groups is 1. The van der Waals surface area contributed by atoms with E-state index in [1.165, 1.54) is 6.07 Å². The van der Waals surface area contributed by atoms with Crippen molar-refractivity contribution < 1.29 is 9.18 Å². The Morgan fingerprint density at radius 3 is 2.73 bits per heavy atom. The van der Waals surface area contributed by atoms with Gasteiger partial charge >= 0.3 is 0 Å². The zero-order valence-corrected chi connectivity index (χ0v) is 17.6. The number of benzene rings is 2. The van der Waals surface area contributed by atoms with Crippen LogP contribution in [0.4, 0.5) is 10.2 Å². The highest BCUT2D eigenvalue weighted by Crippen LogP contribution is 2.32. The molecule has 0 atom stereocenters. The fourth-order valence-electron chi connectivity index (χ4n) is 4.50. The topological polar surface area (TPSA) is 59.2 Å². The summed E-state index contributed by atoms with van der Waals surface area (Å²) in [6.45, 7) is 4.08. The first kappa shape index (κ1) is 20.5. The van der Waals surface area contributed by atoms with Crippen LogP contribution in [0.3, 0.4) is 0 Å². The minimum Gasteiger partial charge on any atom is -0.383 e. The van der Waals surface area contributed by atoms with Crippen LogP contribution in [0, 0.1) is 18.7 Å². The van der Waals surface area contributed by atoms with Crippen molar-refractivity contribution in [2.75, 3.05) is 25.9 Å². The number of Topliss-reactive ketones (excluding diaryl/α,β-unsaturated/α-hetero) is 1. The van der Waals surface area contributed by atoms with Gasteiger partial charge in [-0.1, -0.05) is 24.3 Å². The van der Waals surface area contributed by atoms with Crippen LogP contribution in [0.1, 0.15) is 41.6 Å². The highest BCUT2D eigenvalue weighted by atomic mass is 19.1. The zero-order valence-electron chi connectivity index (χ0n) is 17.6. The fourth-order valence-corrected chi connectivity index (χ4v) is 4.50. The van der Waals surface area contributed by atoms with Crippen molar-refractivity contribution in [3.05, 3.63) is 59.5 Å². The third-order valence-corrected chi connectivity index (χ3v) is 6.33. The third-order valence-electron chi connectivity index (χ3n) is 6.33. The molecule has 2 N–H and O–H groups in total. The molecule has 0 amide bonds. The predicted octanol–water partition coefficient (Wildman–Crippen LogP) is 5.24. The van der Waals surface area contributed by atoms with Crippen LogP contribution in [0.15, 0.2) is 42.6 Å². The number of fused-ring (bicyclic) bond motifs is 1. The van der Waals surface area contributed by atoms with Gasteiger partial charge in [0.1, 0.15) is 11.6 Å². The quantitative estimate of drug-likeness (QED) is 0.590. The van der Waals surface area contributed by atoms with Crippen molar-refractivity contribution in [1.82, 2.24) is 9.88 Å². The van der Waals surface area contributed by atoms with Gasteiger partial charge < -0.3 is 10.6 Å². The molecule has 3 aromatic rings. The average molecular weight is 406 g/mol. The standard InChI is InChI=1S/C25H28FN3O/c1-16-4-3-5-21(26)23(16)18-7-8-20-19(14-18)15-28-25(27)24(20)22(30)9-6-17-10-12-29(2)13-11-17/h3-5,7-8,14-15,17H,6,9-13H2,1-2H3,(H2,27,28). The van der Waals surface area contributed by atoms with Gasteiger partial charge in [0, 0.05) is 23.6 Å². The van der Waals surface area contributed by atoms with Gasteiger partial charge in [-0.2, -0.15) is 0 Å². The minimum absolute atomic E-state index is 0.0411. The molecule has 0 unspecified atom stereocenters. The Morgan fingerprint density at radius 2 is 2.00 bits per heavy atom. The fraction of sp³-hybridized carbons (Fsp3) is 0.360. The van der Waals surface area contributed by atoms with Gasteiger partial charge in [-0.25, -0.2) is 9.37 Å². The van der Waals surface area contributed by atoms with Gasteiger partial charge in [0.2, 0.25) is 0 Å². The summed E-state index contributed by atoms with van der Waals surface area (Å²) in [5, 5.41) is 1.58. The maximum atomic E-state index is 14.4. The number of nitrogens with zero attached hydrogens (tertiary/aromatic N) is 2. The van der Waals surface area contributed by atoms with Crippen molar-refractivity contribution in [2.45, 2.75) is 32.6 Å². The van der Waals surface area contributed by atoms with E-state index in [1.54, 1.807) is 12.3 Å². The molecule has 0 saturated carbocycles. The number of likely N-dealkylation sites (tertiary alicyclic amines) is 1. The second-order valence-electron chi connectivity index (χ2n) is 8.46. The number of pyridine rings is 1. The van der Waals surface area contributed by atoms with Crippen LogP contribution in [0.5, 0.6) is 0 Å². The molecule has 1 aliphatic rings. The molecule has 0 aliphatic carbocycles. The lowest BCUT2D eigenvalue weighted by molar-refractivity contribution is 0.0967. The van der Waals surface area contributed by atoms with Crippen LogP contribution in [-0.4, -0.2) is 35.8 Å². The Labute approximate surface area is 176 Å². The second kappa shape index (κ2) is 8.52. The highest BCUT2D eigenvalue weighted by molar-refractivity contribution is 6.11. The first-order chi connectivity index (χ1) is 14.4. The van der Waals surface area contributed by atoms with Crippen LogP contribution < -0.4 is 5.73 Å². The predicted molar refractivity (Wildman–Crippen MR) is 120 cm³/mol. The summed E-state index contributed by atoms with van der Waals surface area (Å²) < 4.78 is 14.4. The van der Waals surface area contributed by atoms with Crippen molar-refractivity contribution in [3.8, 4) is 11.1 Å². The summed E-state index contributed by atoms with van der Waals surface area (Å²) in [5.41, 5.74) is 8.83. The summed E-state index contributed by atoms with van der Waals surface area (Å²) in [5.74, 6) is 0.641. The molecule has 30 heavy (non-hydrogen) atoms. The summed E-state index contributed by atoms with van der Waals surface area (Å²) in [6, 6.07) is 10.7. The van der Waals surface area contributed by atoms with Gasteiger partial charge in [0.05, 0.1) is 5.56 Å². The Hall–Kier alpha value is -2.79. The molecule has 1 saturated heterocycles. The number of halogens is 1. The zero-order chi connectivity index (χ0) is 21.3. The van der Waals surface area contributed by atoms with Crippen LogP contribution in [0.25, 0.3) is 21.9 Å². The Kier molecular flexibility index (Phi) is 5.82. The molecule has 0 radical (unpaired) electrons. The van der Waals surface area contributed by atoms with Crippen LogP contribution in [0.2, 0.25) is 0 Å². The number of hydrogen-bond acceptors (Lipinski definition) is 4. The number of aryl methyl sites for hydroxylation is 1. The van der Waals surface area contributed by atoms with Crippen molar-refractivity contribution in [1.29, 1.82) is 0 Å².